The highest BCUT2D eigenvalue weighted by atomic mass is 19.4. The minimum Gasteiger partial charge on any atom is -0.315 e. The number of hydrogen-bond donors (Lipinski definition) is 1. The normalized spacial score (nSPS) is 19.2. The molecule has 1 heterocycles. The molecule has 1 fully saturated rings. The van der Waals surface area contributed by atoms with Crippen molar-refractivity contribution >= 4 is 0 Å². The zero-order valence-electron chi connectivity index (χ0n) is 13.1. The molecular formula is C16H20F6N2. The summed E-state index contributed by atoms with van der Waals surface area (Å²) in [4.78, 5) is 1.73. The Morgan fingerprint density at radius 1 is 1.08 bits per heavy atom. The Kier molecular flexibility index (Phi) is 6.14. The molecular weight excluding hydrogens is 334 g/mol. The number of alkyl halides is 6. The standard InChI is InChI=1S/C16H20F6N2/c17-15(18,19)7-3-9-24(13-6-8-23-10-13)11-12-4-1-2-5-14(12)16(20,21)22/h1-2,4-5,13,23H,3,6-11H2/t13-/m0/s1. The van der Waals surface area contributed by atoms with Crippen molar-refractivity contribution in [3.05, 3.63) is 35.4 Å². The molecule has 1 aromatic carbocycles. The van der Waals surface area contributed by atoms with Gasteiger partial charge in [-0.15, -0.1) is 0 Å². The van der Waals surface area contributed by atoms with Gasteiger partial charge in [0.05, 0.1) is 5.56 Å². The van der Waals surface area contributed by atoms with Gasteiger partial charge in [-0.2, -0.15) is 26.3 Å². The van der Waals surface area contributed by atoms with E-state index in [0.29, 0.717) is 6.54 Å². The van der Waals surface area contributed by atoms with Crippen LogP contribution in [0.1, 0.15) is 30.4 Å². The van der Waals surface area contributed by atoms with E-state index in [1.807, 2.05) is 0 Å². The second-order valence-electron chi connectivity index (χ2n) is 5.99. The summed E-state index contributed by atoms with van der Waals surface area (Å²) in [5, 5.41) is 3.10. The molecule has 0 aliphatic carbocycles. The lowest BCUT2D eigenvalue weighted by molar-refractivity contribution is -0.138. The molecule has 0 radical (unpaired) electrons. The fraction of sp³-hybridized carbons (Fsp3) is 0.625. The molecule has 1 aromatic rings. The molecule has 2 rings (SSSR count). The lowest BCUT2D eigenvalue weighted by Gasteiger charge is -2.29. The van der Waals surface area contributed by atoms with Crippen molar-refractivity contribution in [2.75, 3.05) is 19.6 Å². The molecule has 1 aliphatic heterocycles. The van der Waals surface area contributed by atoms with E-state index in [2.05, 4.69) is 5.32 Å². The van der Waals surface area contributed by atoms with Crippen LogP contribution in [0.4, 0.5) is 26.3 Å². The second-order valence-corrected chi connectivity index (χ2v) is 5.99. The Labute approximate surface area is 136 Å². The van der Waals surface area contributed by atoms with E-state index in [0.717, 1.165) is 19.0 Å². The van der Waals surface area contributed by atoms with Crippen molar-refractivity contribution in [1.82, 2.24) is 10.2 Å². The second kappa shape index (κ2) is 7.74. The molecule has 0 bridgehead atoms. The van der Waals surface area contributed by atoms with Crippen LogP contribution < -0.4 is 5.32 Å². The van der Waals surface area contributed by atoms with Gasteiger partial charge >= 0.3 is 12.4 Å². The first-order valence-corrected chi connectivity index (χ1v) is 7.83. The van der Waals surface area contributed by atoms with E-state index in [-0.39, 0.29) is 31.1 Å². The molecule has 1 atom stereocenters. The number of halogens is 6. The predicted octanol–water partition coefficient (Wildman–Crippen LogP) is 4.21. The fourth-order valence-electron chi connectivity index (χ4n) is 2.98. The Morgan fingerprint density at radius 2 is 1.79 bits per heavy atom. The highest BCUT2D eigenvalue weighted by molar-refractivity contribution is 5.29. The van der Waals surface area contributed by atoms with Gasteiger partial charge in [0.2, 0.25) is 0 Å². The van der Waals surface area contributed by atoms with Gasteiger partial charge in [-0.05, 0) is 37.6 Å². The monoisotopic (exact) mass is 354 g/mol. The van der Waals surface area contributed by atoms with E-state index in [9.17, 15) is 26.3 Å². The van der Waals surface area contributed by atoms with Crippen LogP contribution in [0.5, 0.6) is 0 Å². The van der Waals surface area contributed by atoms with Gasteiger partial charge < -0.3 is 5.32 Å². The van der Waals surface area contributed by atoms with Crippen LogP contribution >= 0.6 is 0 Å². The topological polar surface area (TPSA) is 15.3 Å². The number of benzene rings is 1. The maximum absolute atomic E-state index is 13.1. The maximum atomic E-state index is 13.1. The average molecular weight is 354 g/mol. The first-order valence-electron chi connectivity index (χ1n) is 7.83. The van der Waals surface area contributed by atoms with E-state index in [1.54, 1.807) is 4.90 Å². The summed E-state index contributed by atoms with van der Waals surface area (Å²) in [6.07, 6.45) is -9.04. The first-order chi connectivity index (χ1) is 11.2. The molecule has 0 spiro atoms. The van der Waals surface area contributed by atoms with Crippen LogP contribution in [0, 0.1) is 0 Å². The highest BCUT2D eigenvalue weighted by Crippen LogP contribution is 2.33. The van der Waals surface area contributed by atoms with Gasteiger partial charge in [0.25, 0.3) is 0 Å². The third-order valence-electron chi connectivity index (χ3n) is 4.15. The molecule has 0 aromatic heterocycles. The number of nitrogens with zero attached hydrogens (tertiary/aromatic N) is 1. The van der Waals surface area contributed by atoms with Gasteiger partial charge in [-0.25, -0.2) is 0 Å². The maximum Gasteiger partial charge on any atom is 0.416 e. The van der Waals surface area contributed by atoms with Crippen molar-refractivity contribution in [2.45, 2.75) is 44.2 Å². The van der Waals surface area contributed by atoms with Crippen LogP contribution in [-0.4, -0.2) is 36.8 Å². The van der Waals surface area contributed by atoms with Crippen LogP contribution in [0.2, 0.25) is 0 Å². The summed E-state index contributed by atoms with van der Waals surface area (Å²) in [6.45, 7) is 1.43. The molecule has 0 unspecified atom stereocenters. The van der Waals surface area contributed by atoms with Crippen LogP contribution in [-0.2, 0) is 12.7 Å². The van der Waals surface area contributed by atoms with Crippen LogP contribution in [0.25, 0.3) is 0 Å². The third kappa shape index (κ3) is 5.66. The van der Waals surface area contributed by atoms with Crippen LogP contribution in [0.15, 0.2) is 24.3 Å². The molecule has 1 N–H and O–H groups in total. The summed E-state index contributed by atoms with van der Waals surface area (Å²) in [5.74, 6) is 0. The molecule has 8 heteroatoms. The molecule has 2 nitrogen and oxygen atoms in total. The Hall–Kier alpha value is -1.28. The molecule has 136 valence electrons. The molecule has 1 aliphatic rings. The third-order valence-corrected chi connectivity index (χ3v) is 4.15. The Balaban J connectivity index is 2.10. The smallest absolute Gasteiger partial charge is 0.315 e. The minimum absolute atomic E-state index is 0.000112. The van der Waals surface area contributed by atoms with Crippen molar-refractivity contribution in [3.8, 4) is 0 Å². The summed E-state index contributed by atoms with van der Waals surface area (Å²) in [6, 6.07) is 5.19. The number of rotatable bonds is 6. The van der Waals surface area contributed by atoms with E-state index in [4.69, 9.17) is 0 Å². The van der Waals surface area contributed by atoms with Gasteiger partial charge in [-0.1, -0.05) is 18.2 Å². The van der Waals surface area contributed by atoms with Crippen molar-refractivity contribution in [1.29, 1.82) is 0 Å². The number of hydrogen-bond acceptors (Lipinski definition) is 2. The summed E-state index contributed by atoms with van der Waals surface area (Å²) < 4.78 is 76.4. The zero-order valence-corrected chi connectivity index (χ0v) is 13.1. The van der Waals surface area contributed by atoms with Gasteiger partial charge in [-0.3, -0.25) is 4.90 Å². The van der Waals surface area contributed by atoms with Crippen molar-refractivity contribution in [2.24, 2.45) is 0 Å². The van der Waals surface area contributed by atoms with Gasteiger partial charge in [0.15, 0.2) is 0 Å². The quantitative estimate of drug-likeness (QED) is 0.770. The highest BCUT2D eigenvalue weighted by Gasteiger charge is 2.34. The van der Waals surface area contributed by atoms with Crippen molar-refractivity contribution in [3.63, 3.8) is 0 Å². The van der Waals surface area contributed by atoms with Crippen LogP contribution in [0.3, 0.4) is 0 Å². The molecule has 0 amide bonds. The number of nitrogens with one attached hydrogen (secondary N) is 1. The fourth-order valence-corrected chi connectivity index (χ4v) is 2.98. The van der Waals surface area contributed by atoms with E-state index >= 15 is 0 Å². The van der Waals surface area contributed by atoms with Crippen molar-refractivity contribution < 1.29 is 26.3 Å². The lowest BCUT2D eigenvalue weighted by Crippen LogP contribution is -2.38. The van der Waals surface area contributed by atoms with Gasteiger partial charge in [0, 0.05) is 25.6 Å². The summed E-state index contributed by atoms with van der Waals surface area (Å²) >= 11 is 0. The Morgan fingerprint density at radius 3 is 2.38 bits per heavy atom. The SMILES string of the molecule is FC(F)(F)CCCN(Cc1ccccc1C(F)(F)F)[C@H]1CCNC1. The zero-order chi connectivity index (χ0) is 17.8. The Bertz CT molecular complexity index is 520. The molecule has 0 saturated carbocycles. The lowest BCUT2D eigenvalue weighted by atomic mass is 10.0. The first kappa shape index (κ1) is 19.1. The van der Waals surface area contributed by atoms with E-state index < -0.39 is 24.3 Å². The van der Waals surface area contributed by atoms with E-state index in [1.165, 1.54) is 18.2 Å². The summed E-state index contributed by atoms with van der Waals surface area (Å²) in [7, 11) is 0. The van der Waals surface area contributed by atoms with Gasteiger partial charge in [0.1, 0.15) is 0 Å². The molecule has 1 saturated heterocycles. The minimum atomic E-state index is -4.47. The largest absolute Gasteiger partial charge is 0.416 e. The average Bonchev–Trinajstić information content (AvgIpc) is 2.98. The predicted molar refractivity (Wildman–Crippen MR) is 78.4 cm³/mol. The summed E-state index contributed by atoms with van der Waals surface area (Å²) in [5.41, 5.74) is -0.624. The molecule has 24 heavy (non-hydrogen) atoms.